The Morgan fingerprint density at radius 1 is 1.38 bits per heavy atom. The molecule has 0 spiro atoms. The molecule has 1 aromatic rings. The molecule has 1 rings (SSSR count). The monoisotopic (exact) mass is 244 g/mol. The van der Waals surface area contributed by atoms with Crippen molar-refractivity contribution in [1.29, 1.82) is 0 Å². The van der Waals surface area contributed by atoms with Gasteiger partial charge in [-0.3, -0.25) is 4.79 Å². The summed E-state index contributed by atoms with van der Waals surface area (Å²) in [6.45, 7) is 1.85. The van der Waals surface area contributed by atoms with Crippen molar-refractivity contribution in [2.75, 3.05) is 6.54 Å². The Morgan fingerprint density at radius 2 is 1.94 bits per heavy atom. The molecule has 90 valence electrons. The van der Waals surface area contributed by atoms with Crippen molar-refractivity contribution in [2.24, 2.45) is 11.5 Å². The van der Waals surface area contributed by atoms with Crippen LogP contribution in [0.25, 0.3) is 0 Å². The van der Waals surface area contributed by atoms with Gasteiger partial charge in [0.25, 0.3) is 0 Å². The first-order valence-electron chi connectivity index (χ1n) is 4.76. The van der Waals surface area contributed by atoms with Crippen LogP contribution in [0.15, 0.2) is 30.3 Å². The first-order chi connectivity index (χ1) is 7.06. The lowest BCUT2D eigenvalue weighted by Gasteiger charge is -2.20. The molecule has 16 heavy (non-hydrogen) atoms. The van der Waals surface area contributed by atoms with Crippen molar-refractivity contribution < 1.29 is 9.53 Å². The van der Waals surface area contributed by atoms with Gasteiger partial charge in [0.1, 0.15) is 12.1 Å². The van der Waals surface area contributed by atoms with E-state index >= 15 is 0 Å². The molecule has 0 amide bonds. The summed E-state index contributed by atoms with van der Waals surface area (Å²) in [5.41, 5.74) is 10.8. The van der Waals surface area contributed by atoms with Gasteiger partial charge in [-0.05, 0) is 12.5 Å². The van der Waals surface area contributed by atoms with E-state index in [1.165, 1.54) is 0 Å². The van der Waals surface area contributed by atoms with Crippen LogP contribution in [0, 0.1) is 0 Å². The number of carbonyl (C=O) groups is 1. The summed E-state index contributed by atoms with van der Waals surface area (Å²) in [5.74, 6) is -0.478. The molecule has 1 atom stereocenters. The summed E-state index contributed by atoms with van der Waals surface area (Å²) in [6.07, 6.45) is 0. The van der Waals surface area contributed by atoms with Gasteiger partial charge in [-0.15, -0.1) is 12.4 Å². The molecule has 4 nitrogen and oxygen atoms in total. The van der Waals surface area contributed by atoms with E-state index in [9.17, 15) is 4.79 Å². The number of halogens is 1. The number of nitrogens with two attached hydrogens (primary N) is 2. The summed E-state index contributed by atoms with van der Waals surface area (Å²) in [7, 11) is 0. The van der Waals surface area contributed by atoms with Crippen molar-refractivity contribution in [1.82, 2.24) is 0 Å². The number of hydrogen-bond acceptors (Lipinski definition) is 4. The predicted octanol–water partition coefficient (Wildman–Crippen LogP) is 0.828. The van der Waals surface area contributed by atoms with Crippen molar-refractivity contribution in [3.63, 3.8) is 0 Å². The van der Waals surface area contributed by atoms with Gasteiger partial charge in [-0.1, -0.05) is 30.3 Å². The highest BCUT2D eigenvalue weighted by molar-refractivity contribution is 5.85. The third kappa shape index (κ3) is 4.18. The molecule has 0 aliphatic rings. The molecule has 0 heterocycles. The van der Waals surface area contributed by atoms with Crippen LogP contribution in [0.3, 0.4) is 0 Å². The van der Waals surface area contributed by atoms with Crippen LogP contribution in [0.2, 0.25) is 0 Å². The summed E-state index contributed by atoms with van der Waals surface area (Å²) in [6, 6.07) is 9.42. The van der Waals surface area contributed by atoms with E-state index in [4.69, 9.17) is 16.2 Å². The Hall–Kier alpha value is -1.10. The quantitative estimate of drug-likeness (QED) is 0.769. The minimum absolute atomic E-state index is 0. The molecule has 1 unspecified atom stereocenters. The van der Waals surface area contributed by atoms with Crippen molar-refractivity contribution in [3.8, 4) is 0 Å². The van der Waals surface area contributed by atoms with Crippen molar-refractivity contribution >= 4 is 18.4 Å². The molecule has 0 aromatic heterocycles. The van der Waals surface area contributed by atoms with Crippen LogP contribution in [0.5, 0.6) is 0 Å². The van der Waals surface area contributed by atoms with Crippen molar-refractivity contribution in [2.45, 2.75) is 19.1 Å². The van der Waals surface area contributed by atoms with Gasteiger partial charge in [0, 0.05) is 6.54 Å². The lowest BCUT2D eigenvalue weighted by molar-refractivity contribution is -0.150. The molecule has 5 heteroatoms. The third-order valence-electron chi connectivity index (χ3n) is 2.10. The van der Waals surface area contributed by atoms with E-state index in [0.29, 0.717) is 0 Å². The zero-order valence-corrected chi connectivity index (χ0v) is 10.00. The van der Waals surface area contributed by atoms with Crippen LogP contribution in [-0.4, -0.2) is 18.1 Å². The fraction of sp³-hybridized carbons (Fsp3) is 0.364. The average Bonchev–Trinajstić information content (AvgIpc) is 2.27. The largest absolute Gasteiger partial charge is 0.459 e. The molecule has 0 bridgehead atoms. The highest BCUT2D eigenvalue weighted by atomic mass is 35.5. The van der Waals surface area contributed by atoms with E-state index in [2.05, 4.69) is 0 Å². The van der Waals surface area contributed by atoms with Crippen LogP contribution in [0.1, 0.15) is 12.5 Å². The Morgan fingerprint density at radius 3 is 2.44 bits per heavy atom. The first kappa shape index (κ1) is 14.9. The molecule has 1 aromatic carbocycles. The van der Waals surface area contributed by atoms with Gasteiger partial charge >= 0.3 is 5.97 Å². The maximum absolute atomic E-state index is 11.4. The van der Waals surface area contributed by atoms with Crippen LogP contribution < -0.4 is 11.5 Å². The first-order valence-corrected chi connectivity index (χ1v) is 4.76. The van der Waals surface area contributed by atoms with Gasteiger partial charge < -0.3 is 16.2 Å². The molecule has 0 aliphatic carbocycles. The molecule has 0 saturated carbocycles. The van der Waals surface area contributed by atoms with Gasteiger partial charge in [0.15, 0.2) is 0 Å². The van der Waals surface area contributed by atoms with E-state index in [1.54, 1.807) is 6.92 Å². The molecular formula is C11H17ClN2O2. The Bertz CT molecular complexity index is 328. The Kier molecular flexibility index (Phi) is 6.03. The molecule has 0 radical (unpaired) electrons. The van der Waals surface area contributed by atoms with E-state index in [1.807, 2.05) is 30.3 Å². The van der Waals surface area contributed by atoms with Crippen LogP contribution >= 0.6 is 12.4 Å². The van der Waals surface area contributed by atoms with Gasteiger partial charge in [0.2, 0.25) is 0 Å². The SMILES string of the molecule is CC(N)(CN)C(=O)OCc1ccccc1.Cl. The number of hydrogen-bond donors (Lipinski definition) is 2. The lowest BCUT2D eigenvalue weighted by atomic mass is 10.1. The predicted molar refractivity (Wildman–Crippen MR) is 65.1 cm³/mol. The van der Waals surface area contributed by atoms with Crippen LogP contribution in [0.4, 0.5) is 0 Å². The second-order valence-corrected chi connectivity index (χ2v) is 3.68. The highest BCUT2D eigenvalue weighted by Crippen LogP contribution is 2.05. The van der Waals surface area contributed by atoms with E-state index in [0.717, 1.165) is 5.56 Å². The van der Waals surface area contributed by atoms with Gasteiger partial charge in [0.05, 0.1) is 0 Å². The second-order valence-electron chi connectivity index (χ2n) is 3.68. The molecule has 0 fully saturated rings. The molecule has 0 aliphatic heterocycles. The number of rotatable bonds is 4. The minimum atomic E-state index is -1.10. The number of benzene rings is 1. The standard InChI is InChI=1S/C11H16N2O2.ClH/c1-11(13,8-12)10(14)15-7-9-5-3-2-4-6-9;/h2-6H,7-8,12-13H2,1H3;1H. The average molecular weight is 245 g/mol. The number of ether oxygens (including phenoxy) is 1. The lowest BCUT2D eigenvalue weighted by Crippen LogP contribution is -2.52. The normalized spacial score (nSPS) is 13.4. The molecular weight excluding hydrogens is 228 g/mol. The van der Waals surface area contributed by atoms with Crippen molar-refractivity contribution in [3.05, 3.63) is 35.9 Å². The molecule has 0 saturated heterocycles. The summed E-state index contributed by atoms with van der Waals surface area (Å²) >= 11 is 0. The van der Waals surface area contributed by atoms with Crippen LogP contribution in [-0.2, 0) is 16.1 Å². The summed E-state index contributed by atoms with van der Waals surface area (Å²) in [5, 5.41) is 0. The highest BCUT2D eigenvalue weighted by Gasteiger charge is 2.28. The second kappa shape index (κ2) is 6.48. The maximum atomic E-state index is 11.4. The zero-order chi connectivity index (χ0) is 11.3. The number of esters is 1. The topological polar surface area (TPSA) is 78.3 Å². The fourth-order valence-electron chi connectivity index (χ4n) is 0.971. The van der Waals surface area contributed by atoms with Gasteiger partial charge in [-0.25, -0.2) is 0 Å². The zero-order valence-electron chi connectivity index (χ0n) is 9.18. The molecule has 4 N–H and O–H groups in total. The van der Waals surface area contributed by atoms with Gasteiger partial charge in [-0.2, -0.15) is 0 Å². The number of carbonyl (C=O) groups excluding carboxylic acids is 1. The Balaban J connectivity index is 0.00000225. The minimum Gasteiger partial charge on any atom is -0.459 e. The fourth-order valence-corrected chi connectivity index (χ4v) is 0.971. The van der Waals surface area contributed by atoms with E-state index in [-0.39, 0.29) is 25.6 Å². The van der Waals surface area contributed by atoms with E-state index < -0.39 is 11.5 Å². The Labute approximate surface area is 101 Å². The maximum Gasteiger partial charge on any atom is 0.327 e. The smallest absolute Gasteiger partial charge is 0.327 e. The summed E-state index contributed by atoms with van der Waals surface area (Å²) < 4.78 is 5.04. The third-order valence-corrected chi connectivity index (χ3v) is 2.10. The summed E-state index contributed by atoms with van der Waals surface area (Å²) in [4.78, 5) is 11.4.